The largest absolute Gasteiger partial charge is 0.329 e. The number of aryl methyl sites for hydroxylation is 1. The van der Waals surface area contributed by atoms with Gasteiger partial charge in [0.1, 0.15) is 6.54 Å². The van der Waals surface area contributed by atoms with E-state index in [1.165, 1.54) is 18.2 Å². The first kappa shape index (κ1) is 24.3. The Hall–Kier alpha value is -2.87. The predicted octanol–water partition coefficient (Wildman–Crippen LogP) is 5.40. The van der Waals surface area contributed by atoms with Crippen molar-refractivity contribution in [2.75, 3.05) is 0 Å². The van der Waals surface area contributed by atoms with Crippen LogP contribution < -0.4 is 10.2 Å². The molecule has 0 saturated heterocycles. The highest BCUT2D eigenvalue weighted by molar-refractivity contribution is 7.90. The molecule has 0 aliphatic carbocycles. The zero-order valence-corrected chi connectivity index (χ0v) is 21.1. The standard InChI is InChI=1S/C25H22Cl2N2O4S/c1-14(2)16-6-9-18-21(12-16)29(24-19(25(18)31)10-11-20(26)23(24)27)13-22(30)28-34(32,33)17-7-4-15(3)5-8-17/h4-12,14H,13H2,1-3H3,(H,28,30). The second-order valence-corrected chi connectivity index (χ2v) is 10.9. The van der Waals surface area contributed by atoms with Gasteiger partial charge < -0.3 is 4.57 Å². The summed E-state index contributed by atoms with van der Waals surface area (Å²) >= 11 is 12.7. The summed E-state index contributed by atoms with van der Waals surface area (Å²) in [4.78, 5) is 26.2. The van der Waals surface area contributed by atoms with Crippen molar-refractivity contribution in [2.24, 2.45) is 0 Å². The lowest BCUT2D eigenvalue weighted by Gasteiger charge is -2.18. The summed E-state index contributed by atoms with van der Waals surface area (Å²) in [6.45, 7) is 5.46. The number of carbonyl (C=O) groups is 1. The van der Waals surface area contributed by atoms with E-state index >= 15 is 0 Å². The van der Waals surface area contributed by atoms with Crippen molar-refractivity contribution >= 4 is 60.9 Å². The van der Waals surface area contributed by atoms with Crippen LogP contribution in [-0.2, 0) is 21.4 Å². The number of rotatable bonds is 5. The van der Waals surface area contributed by atoms with Gasteiger partial charge >= 0.3 is 0 Å². The quantitative estimate of drug-likeness (QED) is 0.360. The van der Waals surface area contributed by atoms with Gasteiger partial charge in [-0.15, -0.1) is 0 Å². The number of carbonyl (C=O) groups excluding carboxylic acids is 1. The molecular formula is C25H22Cl2N2O4S. The van der Waals surface area contributed by atoms with Crippen LogP contribution in [0, 0.1) is 6.92 Å². The molecule has 34 heavy (non-hydrogen) atoms. The number of aromatic nitrogens is 1. The van der Waals surface area contributed by atoms with Crippen molar-refractivity contribution in [1.29, 1.82) is 0 Å². The van der Waals surface area contributed by atoms with Crippen LogP contribution in [0.1, 0.15) is 30.9 Å². The Morgan fingerprint density at radius 3 is 2.29 bits per heavy atom. The lowest BCUT2D eigenvalue weighted by atomic mass is 10.00. The number of pyridine rings is 1. The highest BCUT2D eigenvalue weighted by Gasteiger charge is 2.21. The average molecular weight is 517 g/mol. The van der Waals surface area contributed by atoms with Crippen molar-refractivity contribution in [3.8, 4) is 0 Å². The van der Waals surface area contributed by atoms with Gasteiger partial charge in [-0.05, 0) is 54.8 Å². The molecule has 0 aliphatic heterocycles. The Bertz CT molecular complexity index is 1610. The minimum Gasteiger partial charge on any atom is -0.329 e. The molecule has 9 heteroatoms. The smallest absolute Gasteiger partial charge is 0.264 e. The maximum atomic E-state index is 13.2. The van der Waals surface area contributed by atoms with Crippen molar-refractivity contribution in [2.45, 2.75) is 38.1 Å². The van der Waals surface area contributed by atoms with Crippen LogP contribution in [0.25, 0.3) is 21.8 Å². The molecule has 3 aromatic carbocycles. The Morgan fingerprint density at radius 2 is 1.65 bits per heavy atom. The number of benzene rings is 3. The molecule has 0 bridgehead atoms. The van der Waals surface area contributed by atoms with Crippen LogP contribution in [0.5, 0.6) is 0 Å². The van der Waals surface area contributed by atoms with Crippen LogP contribution in [0.15, 0.2) is 64.3 Å². The fourth-order valence-electron chi connectivity index (χ4n) is 3.84. The third-order valence-corrected chi connectivity index (χ3v) is 7.87. The molecule has 4 aromatic rings. The molecule has 0 atom stereocenters. The molecule has 1 aromatic heterocycles. The highest BCUT2D eigenvalue weighted by atomic mass is 35.5. The van der Waals surface area contributed by atoms with Gasteiger partial charge in [0.15, 0.2) is 5.43 Å². The van der Waals surface area contributed by atoms with E-state index in [0.717, 1.165) is 11.1 Å². The zero-order valence-electron chi connectivity index (χ0n) is 18.7. The molecular weight excluding hydrogens is 495 g/mol. The van der Waals surface area contributed by atoms with Crippen LogP contribution in [-0.4, -0.2) is 18.9 Å². The molecule has 4 rings (SSSR count). The number of fused-ring (bicyclic) bond motifs is 2. The summed E-state index contributed by atoms with van der Waals surface area (Å²) in [5, 5.41) is 1.01. The first-order valence-electron chi connectivity index (χ1n) is 10.6. The van der Waals surface area contributed by atoms with Gasteiger partial charge in [0.25, 0.3) is 15.9 Å². The molecule has 0 spiro atoms. The van der Waals surface area contributed by atoms with E-state index in [1.54, 1.807) is 28.8 Å². The van der Waals surface area contributed by atoms with E-state index in [2.05, 4.69) is 4.72 Å². The summed E-state index contributed by atoms with van der Waals surface area (Å²) in [5.41, 5.74) is 2.34. The number of nitrogens with zero attached hydrogens (tertiary/aromatic N) is 1. The van der Waals surface area contributed by atoms with Crippen LogP contribution >= 0.6 is 23.2 Å². The van der Waals surface area contributed by atoms with Gasteiger partial charge in [-0.25, -0.2) is 13.1 Å². The zero-order chi connectivity index (χ0) is 24.8. The highest BCUT2D eigenvalue weighted by Crippen LogP contribution is 2.32. The van der Waals surface area contributed by atoms with Crippen LogP contribution in [0.2, 0.25) is 10.0 Å². The molecule has 0 aliphatic rings. The molecule has 1 amide bonds. The van der Waals surface area contributed by atoms with Crippen molar-refractivity contribution in [3.05, 3.63) is 86.0 Å². The second kappa shape index (κ2) is 9.06. The molecule has 0 unspecified atom stereocenters. The molecule has 1 N–H and O–H groups in total. The van der Waals surface area contributed by atoms with E-state index in [4.69, 9.17) is 23.2 Å². The van der Waals surface area contributed by atoms with Gasteiger partial charge in [0.2, 0.25) is 0 Å². The van der Waals surface area contributed by atoms with Gasteiger partial charge in [-0.1, -0.05) is 60.8 Å². The summed E-state index contributed by atoms with van der Waals surface area (Å²) in [6.07, 6.45) is 0. The number of nitrogens with one attached hydrogen (secondary N) is 1. The van der Waals surface area contributed by atoms with E-state index in [0.29, 0.717) is 10.9 Å². The normalized spacial score (nSPS) is 11.9. The summed E-state index contributed by atoms with van der Waals surface area (Å²) in [5.74, 6) is -0.618. The Labute approximate surface area is 207 Å². The first-order valence-corrected chi connectivity index (χ1v) is 12.8. The van der Waals surface area contributed by atoms with Crippen LogP contribution in [0.4, 0.5) is 0 Å². The summed E-state index contributed by atoms with van der Waals surface area (Å²) in [6, 6.07) is 14.6. The van der Waals surface area contributed by atoms with Gasteiger partial charge in [-0.3, -0.25) is 9.59 Å². The molecule has 1 heterocycles. The molecule has 0 fully saturated rings. The lowest BCUT2D eigenvalue weighted by molar-refractivity contribution is -0.119. The maximum Gasteiger partial charge on any atom is 0.264 e. The number of amides is 1. The Balaban J connectivity index is 1.88. The second-order valence-electron chi connectivity index (χ2n) is 8.45. The van der Waals surface area contributed by atoms with Crippen LogP contribution in [0.3, 0.4) is 0 Å². The molecule has 0 saturated carbocycles. The minimum absolute atomic E-state index is 0.0238. The van der Waals surface area contributed by atoms with Crippen molar-refractivity contribution in [1.82, 2.24) is 9.29 Å². The molecule has 0 radical (unpaired) electrons. The maximum absolute atomic E-state index is 13.2. The van der Waals surface area contributed by atoms with Crippen molar-refractivity contribution in [3.63, 3.8) is 0 Å². The fourth-order valence-corrected chi connectivity index (χ4v) is 5.24. The predicted molar refractivity (Wildman–Crippen MR) is 136 cm³/mol. The van der Waals surface area contributed by atoms with E-state index in [-0.39, 0.29) is 43.7 Å². The van der Waals surface area contributed by atoms with Gasteiger partial charge in [-0.2, -0.15) is 0 Å². The van der Waals surface area contributed by atoms with Crippen molar-refractivity contribution < 1.29 is 13.2 Å². The Kier molecular flexibility index (Phi) is 6.46. The molecule has 176 valence electrons. The SMILES string of the molecule is Cc1ccc(S(=O)(=O)NC(=O)Cn2c3cc(C(C)C)ccc3c(=O)c3ccc(Cl)c(Cl)c32)cc1. The number of halogens is 2. The van der Waals surface area contributed by atoms with E-state index in [9.17, 15) is 18.0 Å². The third-order valence-electron chi connectivity index (χ3n) is 5.69. The number of hydrogen-bond acceptors (Lipinski definition) is 4. The topological polar surface area (TPSA) is 85.2 Å². The van der Waals surface area contributed by atoms with E-state index in [1.807, 2.05) is 32.9 Å². The Morgan fingerprint density at radius 1 is 1.00 bits per heavy atom. The van der Waals surface area contributed by atoms with Gasteiger partial charge in [0, 0.05) is 10.8 Å². The first-order chi connectivity index (χ1) is 16.0. The van der Waals surface area contributed by atoms with E-state index < -0.39 is 15.9 Å². The summed E-state index contributed by atoms with van der Waals surface area (Å²) < 4.78 is 29.2. The molecule has 6 nitrogen and oxygen atoms in total. The summed E-state index contributed by atoms with van der Waals surface area (Å²) in [7, 11) is -4.08. The monoisotopic (exact) mass is 516 g/mol. The minimum atomic E-state index is -4.08. The number of sulfonamides is 1. The average Bonchev–Trinajstić information content (AvgIpc) is 2.78. The number of hydrogen-bond donors (Lipinski definition) is 1. The van der Waals surface area contributed by atoms with Gasteiger partial charge in [0.05, 0.1) is 26.0 Å². The lowest BCUT2D eigenvalue weighted by Crippen LogP contribution is -2.34. The fraction of sp³-hybridized carbons (Fsp3) is 0.200. The third kappa shape index (κ3) is 4.43.